The first-order valence-electron chi connectivity index (χ1n) is 10.8. The molecular weight excluding hydrogens is 442 g/mol. The number of hydrogen-bond acceptors (Lipinski definition) is 9. The molecule has 34 heavy (non-hydrogen) atoms. The van der Waals surface area contributed by atoms with Crippen molar-refractivity contribution < 1.29 is 19.5 Å². The van der Waals surface area contributed by atoms with Gasteiger partial charge in [0.2, 0.25) is 5.95 Å². The minimum atomic E-state index is -0.897. The smallest absolute Gasteiger partial charge is 0.303 e. The van der Waals surface area contributed by atoms with Gasteiger partial charge in [-0.05, 0) is 51.5 Å². The Bertz CT molecular complexity index is 1210. The number of carbonyl (C=O) groups excluding carboxylic acids is 1. The molecule has 0 fully saturated rings. The zero-order chi connectivity index (χ0) is 24.7. The SMILES string of the molecule is CC(C)ONc1nc(=O)c2nc(CNc3ccc(C(=O)N[C@H](C)CCC(=O)O)cc3)cnc2[nH]1. The minimum absolute atomic E-state index is 0.00545. The largest absolute Gasteiger partial charge is 0.481 e. The number of fused-ring (bicyclic) bond motifs is 1. The van der Waals surface area contributed by atoms with E-state index in [0.29, 0.717) is 24.2 Å². The van der Waals surface area contributed by atoms with E-state index in [-0.39, 0.29) is 41.6 Å². The number of nitrogens with one attached hydrogen (secondary N) is 4. The number of H-pyrrole nitrogens is 1. The van der Waals surface area contributed by atoms with Crippen LogP contribution in [0.2, 0.25) is 0 Å². The van der Waals surface area contributed by atoms with Gasteiger partial charge in [-0.25, -0.2) is 15.4 Å². The monoisotopic (exact) mass is 469 g/mol. The Morgan fingerprint density at radius 3 is 2.56 bits per heavy atom. The number of aromatic amines is 1. The number of hydrogen-bond donors (Lipinski definition) is 5. The van der Waals surface area contributed by atoms with Crippen molar-refractivity contribution in [2.75, 3.05) is 10.8 Å². The molecule has 1 amide bonds. The molecule has 3 aromatic rings. The van der Waals surface area contributed by atoms with Crippen molar-refractivity contribution in [2.24, 2.45) is 0 Å². The highest BCUT2D eigenvalue weighted by molar-refractivity contribution is 5.94. The normalized spacial score (nSPS) is 11.9. The maximum Gasteiger partial charge on any atom is 0.303 e. The zero-order valence-electron chi connectivity index (χ0n) is 19.1. The molecule has 0 unspecified atom stereocenters. The van der Waals surface area contributed by atoms with E-state index in [2.05, 4.69) is 36.0 Å². The molecule has 180 valence electrons. The lowest BCUT2D eigenvalue weighted by molar-refractivity contribution is -0.137. The van der Waals surface area contributed by atoms with Crippen molar-refractivity contribution in [1.29, 1.82) is 0 Å². The predicted octanol–water partition coefficient (Wildman–Crippen LogP) is 2.06. The number of aliphatic carboxylic acids is 1. The zero-order valence-corrected chi connectivity index (χ0v) is 19.1. The van der Waals surface area contributed by atoms with Gasteiger partial charge in [0.25, 0.3) is 5.91 Å². The van der Waals surface area contributed by atoms with Crippen LogP contribution in [0.1, 0.15) is 49.7 Å². The van der Waals surface area contributed by atoms with E-state index < -0.39 is 11.5 Å². The summed E-state index contributed by atoms with van der Waals surface area (Å²) >= 11 is 0. The van der Waals surface area contributed by atoms with Gasteiger partial charge in [-0.3, -0.25) is 19.2 Å². The molecule has 12 nitrogen and oxygen atoms in total. The van der Waals surface area contributed by atoms with Gasteiger partial charge in [-0.15, -0.1) is 0 Å². The first-order chi connectivity index (χ1) is 16.2. The molecule has 3 rings (SSSR count). The molecule has 0 aliphatic heterocycles. The van der Waals surface area contributed by atoms with E-state index >= 15 is 0 Å². The third kappa shape index (κ3) is 6.97. The van der Waals surface area contributed by atoms with Crippen LogP contribution >= 0.6 is 0 Å². The van der Waals surface area contributed by atoms with Crippen LogP contribution in [-0.4, -0.2) is 49.1 Å². The topological polar surface area (TPSA) is 171 Å². The Kier molecular flexibility index (Phi) is 8.09. The highest BCUT2D eigenvalue weighted by Gasteiger charge is 2.12. The Labute approximate surface area is 195 Å². The summed E-state index contributed by atoms with van der Waals surface area (Å²) in [6, 6.07) is 6.56. The maximum atomic E-state index is 12.3. The van der Waals surface area contributed by atoms with Crippen LogP contribution in [0.5, 0.6) is 0 Å². The van der Waals surface area contributed by atoms with Crippen LogP contribution in [0, 0.1) is 0 Å². The summed E-state index contributed by atoms with van der Waals surface area (Å²) in [6.07, 6.45) is 1.79. The van der Waals surface area contributed by atoms with Gasteiger partial charge in [0.15, 0.2) is 11.2 Å². The molecule has 0 spiro atoms. The molecule has 0 saturated heterocycles. The molecule has 0 aliphatic rings. The summed E-state index contributed by atoms with van der Waals surface area (Å²) in [6.45, 7) is 5.73. The Morgan fingerprint density at radius 1 is 1.15 bits per heavy atom. The lowest BCUT2D eigenvalue weighted by atomic mass is 10.1. The molecule has 0 bridgehead atoms. The number of carboxylic acid groups (broad SMARTS) is 1. The quantitative estimate of drug-likeness (QED) is 0.262. The summed E-state index contributed by atoms with van der Waals surface area (Å²) < 4.78 is 0. The van der Waals surface area contributed by atoms with Gasteiger partial charge in [0, 0.05) is 23.7 Å². The number of anilines is 2. The van der Waals surface area contributed by atoms with E-state index in [4.69, 9.17) is 9.94 Å². The number of carboxylic acids is 1. The van der Waals surface area contributed by atoms with Crippen molar-refractivity contribution in [3.8, 4) is 0 Å². The minimum Gasteiger partial charge on any atom is -0.481 e. The average Bonchev–Trinajstić information content (AvgIpc) is 2.80. The molecule has 0 aliphatic carbocycles. The molecular formula is C22H27N7O5. The lowest BCUT2D eigenvalue weighted by Gasteiger charge is -2.13. The molecule has 5 N–H and O–H groups in total. The summed E-state index contributed by atoms with van der Waals surface area (Å²) in [7, 11) is 0. The van der Waals surface area contributed by atoms with Crippen LogP contribution < -0.4 is 21.7 Å². The highest BCUT2D eigenvalue weighted by Crippen LogP contribution is 2.12. The molecule has 0 saturated carbocycles. The first kappa shape index (κ1) is 24.6. The van der Waals surface area contributed by atoms with Gasteiger partial charge in [-0.1, -0.05) is 0 Å². The lowest BCUT2D eigenvalue weighted by Crippen LogP contribution is -2.32. The second-order valence-corrected chi connectivity index (χ2v) is 7.96. The third-order valence-electron chi connectivity index (χ3n) is 4.66. The number of rotatable bonds is 11. The average molecular weight is 470 g/mol. The summed E-state index contributed by atoms with van der Waals surface area (Å²) in [5, 5.41) is 14.7. The van der Waals surface area contributed by atoms with Crippen molar-refractivity contribution >= 4 is 34.7 Å². The maximum absolute atomic E-state index is 12.3. The molecule has 12 heteroatoms. The number of carbonyl (C=O) groups is 2. The van der Waals surface area contributed by atoms with E-state index in [1.165, 1.54) is 0 Å². The Hall–Kier alpha value is -4.06. The summed E-state index contributed by atoms with van der Waals surface area (Å²) in [5.74, 6) is -1.03. The molecule has 2 heterocycles. The standard InChI is InChI=1S/C22H27N7O5/c1-12(2)34-29-22-27-19-18(21(33)28-22)26-16(11-24-19)10-23-15-7-5-14(6-8-15)20(32)25-13(3)4-9-17(30)31/h5-8,11-13,23H,4,9-10H2,1-3H3,(H,25,32)(H,30,31)(H2,24,27,28,29,33)/t13-/m1/s1. The van der Waals surface area contributed by atoms with Crippen LogP contribution in [0.4, 0.5) is 11.6 Å². The fourth-order valence-electron chi connectivity index (χ4n) is 2.92. The van der Waals surface area contributed by atoms with Crippen LogP contribution in [-0.2, 0) is 16.2 Å². The molecule has 1 aromatic carbocycles. The van der Waals surface area contributed by atoms with Crippen molar-refractivity contribution in [3.63, 3.8) is 0 Å². The van der Waals surface area contributed by atoms with Gasteiger partial charge >= 0.3 is 11.5 Å². The predicted molar refractivity (Wildman–Crippen MR) is 125 cm³/mol. The van der Waals surface area contributed by atoms with E-state index in [0.717, 1.165) is 5.69 Å². The Morgan fingerprint density at radius 2 is 1.88 bits per heavy atom. The number of benzene rings is 1. The van der Waals surface area contributed by atoms with E-state index in [1.54, 1.807) is 37.4 Å². The van der Waals surface area contributed by atoms with Gasteiger partial charge in [0.1, 0.15) is 0 Å². The number of aromatic nitrogens is 4. The fraction of sp³-hybridized carbons (Fsp3) is 0.364. The van der Waals surface area contributed by atoms with Crippen molar-refractivity contribution in [3.05, 3.63) is 52.1 Å². The highest BCUT2D eigenvalue weighted by atomic mass is 16.7. The van der Waals surface area contributed by atoms with Crippen LogP contribution in [0.15, 0.2) is 35.3 Å². The molecule has 2 aromatic heterocycles. The van der Waals surface area contributed by atoms with Crippen LogP contribution in [0.3, 0.4) is 0 Å². The van der Waals surface area contributed by atoms with Gasteiger partial charge in [-0.2, -0.15) is 4.98 Å². The van der Waals surface area contributed by atoms with Crippen molar-refractivity contribution in [1.82, 2.24) is 25.3 Å². The molecule has 0 radical (unpaired) electrons. The van der Waals surface area contributed by atoms with Gasteiger partial charge in [0.05, 0.1) is 24.5 Å². The first-order valence-corrected chi connectivity index (χ1v) is 10.8. The van der Waals surface area contributed by atoms with E-state index in [1.807, 2.05) is 13.8 Å². The Balaban J connectivity index is 1.59. The fourth-order valence-corrected chi connectivity index (χ4v) is 2.92. The van der Waals surface area contributed by atoms with Crippen molar-refractivity contribution in [2.45, 2.75) is 52.3 Å². The van der Waals surface area contributed by atoms with E-state index in [9.17, 15) is 14.4 Å². The summed E-state index contributed by atoms with van der Waals surface area (Å²) in [5.41, 5.74) is 4.17. The van der Waals surface area contributed by atoms with Gasteiger partial charge < -0.3 is 20.7 Å². The second kappa shape index (κ2) is 11.2. The summed E-state index contributed by atoms with van der Waals surface area (Å²) in [4.78, 5) is 55.8. The van der Waals surface area contributed by atoms with Crippen LogP contribution in [0.25, 0.3) is 11.2 Å². The third-order valence-corrected chi connectivity index (χ3v) is 4.66. The second-order valence-electron chi connectivity index (χ2n) is 7.96. The number of amides is 1. The number of nitrogens with zero attached hydrogens (tertiary/aromatic N) is 3. The molecule has 1 atom stereocenters.